The zero-order valence-electron chi connectivity index (χ0n) is 13.5. The maximum atomic E-state index is 3.89. The molecule has 0 bridgehead atoms. The first-order valence-electron chi connectivity index (χ1n) is 8.59. The Morgan fingerprint density at radius 1 is 1.05 bits per heavy atom. The second-order valence-electron chi connectivity index (χ2n) is 6.41. The molecule has 0 spiro atoms. The average molecular weight is 273 g/mol. The Labute approximate surface area is 125 Å². The van der Waals surface area contributed by atoms with E-state index >= 15 is 0 Å². The van der Waals surface area contributed by atoms with Crippen LogP contribution in [0.2, 0.25) is 0 Å². The van der Waals surface area contributed by atoms with Crippen molar-refractivity contribution in [3.05, 3.63) is 35.4 Å². The Hall–Kier alpha value is -0.820. The van der Waals surface area contributed by atoms with Crippen LogP contribution in [-0.4, -0.2) is 6.04 Å². The number of hydrogen-bond acceptors (Lipinski definition) is 1. The lowest BCUT2D eigenvalue weighted by molar-refractivity contribution is 0.262. The van der Waals surface area contributed by atoms with Crippen LogP contribution in [0.25, 0.3) is 0 Å². The molecule has 1 heteroatoms. The summed E-state index contributed by atoms with van der Waals surface area (Å²) in [7, 11) is 0. The first-order valence-corrected chi connectivity index (χ1v) is 8.59. The summed E-state index contributed by atoms with van der Waals surface area (Å²) in [6.07, 6.45) is 9.43. The van der Waals surface area contributed by atoms with E-state index in [0.29, 0.717) is 12.1 Å². The summed E-state index contributed by atoms with van der Waals surface area (Å²) >= 11 is 0. The van der Waals surface area contributed by atoms with Crippen molar-refractivity contribution in [3.8, 4) is 0 Å². The molecule has 1 saturated carbocycles. The highest BCUT2D eigenvalue weighted by molar-refractivity contribution is 5.25. The Kier molecular flexibility index (Phi) is 6.09. The molecule has 112 valence electrons. The molecule has 2 rings (SSSR count). The molecule has 1 aromatic carbocycles. The fourth-order valence-corrected chi connectivity index (χ4v) is 3.52. The van der Waals surface area contributed by atoms with Gasteiger partial charge in [-0.05, 0) is 49.7 Å². The summed E-state index contributed by atoms with van der Waals surface area (Å²) < 4.78 is 0. The number of rotatable bonds is 6. The lowest BCUT2D eigenvalue weighted by Crippen LogP contribution is -2.37. The molecule has 1 nitrogen and oxygen atoms in total. The fourth-order valence-electron chi connectivity index (χ4n) is 3.52. The first kappa shape index (κ1) is 15.6. The second-order valence-corrected chi connectivity index (χ2v) is 6.41. The standard InChI is InChI=1S/C19H31N/c1-4-16-11-13-18(14-12-16)19(5-2)20-15(3)17-9-7-6-8-10-17/h11-15,17,19-20H,4-10H2,1-3H3/t15-,19?/m1/s1. The van der Waals surface area contributed by atoms with Gasteiger partial charge in [-0.2, -0.15) is 0 Å². The van der Waals surface area contributed by atoms with E-state index in [4.69, 9.17) is 0 Å². The van der Waals surface area contributed by atoms with E-state index in [1.54, 1.807) is 0 Å². The molecule has 1 aliphatic rings. The summed E-state index contributed by atoms with van der Waals surface area (Å²) in [5, 5.41) is 3.89. The van der Waals surface area contributed by atoms with Gasteiger partial charge in [-0.25, -0.2) is 0 Å². The van der Waals surface area contributed by atoms with Gasteiger partial charge in [-0.1, -0.05) is 57.4 Å². The molecule has 1 aromatic rings. The third-order valence-corrected chi connectivity index (χ3v) is 5.02. The van der Waals surface area contributed by atoms with Crippen LogP contribution in [0.15, 0.2) is 24.3 Å². The summed E-state index contributed by atoms with van der Waals surface area (Å²) in [6.45, 7) is 6.90. The molecular formula is C19H31N. The van der Waals surface area contributed by atoms with E-state index < -0.39 is 0 Å². The van der Waals surface area contributed by atoms with Crippen molar-refractivity contribution in [3.63, 3.8) is 0 Å². The molecule has 20 heavy (non-hydrogen) atoms. The van der Waals surface area contributed by atoms with E-state index in [2.05, 4.69) is 50.4 Å². The van der Waals surface area contributed by atoms with Crippen LogP contribution in [0.4, 0.5) is 0 Å². The minimum Gasteiger partial charge on any atom is -0.307 e. The van der Waals surface area contributed by atoms with Gasteiger partial charge in [0.05, 0.1) is 0 Å². The van der Waals surface area contributed by atoms with Crippen molar-refractivity contribution < 1.29 is 0 Å². The van der Waals surface area contributed by atoms with Crippen LogP contribution in [0, 0.1) is 5.92 Å². The van der Waals surface area contributed by atoms with Crippen molar-refractivity contribution >= 4 is 0 Å². The third kappa shape index (κ3) is 4.09. The first-order chi connectivity index (χ1) is 9.74. The van der Waals surface area contributed by atoms with E-state index in [1.807, 2.05) is 0 Å². The van der Waals surface area contributed by atoms with E-state index in [0.717, 1.165) is 12.3 Å². The van der Waals surface area contributed by atoms with Crippen LogP contribution >= 0.6 is 0 Å². The quantitative estimate of drug-likeness (QED) is 0.745. The Morgan fingerprint density at radius 3 is 2.25 bits per heavy atom. The normalized spacial score (nSPS) is 19.8. The number of hydrogen-bond donors (Lipinski definition) is 1. The Bertz CT molecular complexity index is 375. The van der Waals surface area contributed by atoms with Gasteiger partial charge in [0.15, 0.2) is 0 Å². The lowest BCUT2D eigenvalue weighted by atomic mass is 9.84. The van der Waals surface area contributed by atoms with Gasteiger partial charge in [0.1, 0.15) is 0 Å². The van der Waals surface area contributed by atoms with Crippen LogP contribution in [0.3, 0.4) is 0 Å². The molecule has 0 heterocycles. The van der Waals surface area contributed by atoms with E-state index in [1.165, 1.54) is 49.7 Å². The van der Waals surface area contributed by atoms with Gasteiger partial charge < -0.3 is 5.32 Å². The molecule has 1 unspecified atom stereocenters. The predicted molar refractivity (Wildman–Crippen MR) is 88.0 cm³/mol. The monoisotopic (exact) mass is 273 g/mol. The van der Waals surface area contributed by atoms with Crippen molar-refractivity contribution in [2.45, 2.75) is 77.8 Å². The number of benzene rings is 1. The number of nitrogens with one attached hydrogen (secondary N) is 1. The highest BCUT2D eigenvalue weighted by Gasteiger charge is 2.22. The zero-order valence-corrected chi connectivity index (χ0v) is 13.5. The molecule has 1 aliphatic carbocycles. The third-order valence-electron chi connectivity index (χ3n) is 5.02. The molecule has 0 aromatic heterocycles. The van der Waals surface area contributed by atoms with Gasteiger partial charge in [0.25, 0.3) is 0 Å². The second kappa shape index (κ2) is 7.83. The fraction of sp³-hybridized carbons (Fsp3) is 0.684. The maximum absolute atomic E-state index is 3.89. The largest absolute Gasteiger partial charge is 0.307 e. The van der Waals surface area contributed by atoms with Gasteiger partial charge in [0.2, 0.25) is 0 Å². The van der Waals surface area contributed by atoms with Crippen LogP contribution in [-0.2, 0) is 6.42 Å². The lowest BCUT2D eigenvalue weighted by Gasteiger charge is -2.31. The summed E-state index contributed by atoms with van der Waals surface area (Å²) in [4.78, 5) is 0. The molecule has 1 N–H and O–H groups in total. The minimum atomic E-state index is 0.512. The smallest absolute Gasteiger partial charge is 0.0320 e. The molecule has 0 saturated heterocycles. The molecule has 0 radical (unpaired) electrons. The maximum Gasteiger partial charge on any atom is 0.0320 e. The number of aryl methyl sites for hydroxylation is 1. The van der Waals surface area contributed by atoms with Gasteiger partial charge in [-0.15, -0.1) is 0 Å². The Morgan fingerprint density at radius 2 is 1.70 bits per heavy atom. The minimum absolute atomic E-state index is 0.512. The van der Waals surface area contributed by atoms with Crippen LogP contribution in [0.1, 0.15) is 76.5 Å². The van der Waals surface area contributed by atoms with Crippen molar-refractivity contribution in [1.29, 1.82) is 0 Å². The summed E-state index contributed by atoms with van der Waals surface area (Å²) in [5.41, 5.74) is 2.89. The highest BCUT2D eigenvalue weighted by atomic mass is 14.9. The molecule has 0 aliphatic heterocycles. The van der Waals surface area contributed by atoms with Gasteiger partial charge in [-0.3, -0.25) is 0 Å². The molecule has 2 atom stereocenters. The van der Waals surface area contributed by atoms with Crippen LogP contribution in [0.5, 0.6) is 0 Å². The topological polar surface area (TPSA) is 12.0 Å². The SMILES string of the molecule is CCc1ccc(C(CC)N[C@H](C)C2CCCCC2)cc1. The Balaban J connectivity index is 1.96. The molecular weight excluding hydrogens is 242 g/mol. The van der Waals surface area contributed by atoms with E-state index in [-0.39, 0.29) is 0 Å². The summed E-state index contributed by atoms with van der Waals surface area (Å²) in [5.74, 6) is 0.882. The zero-order chi connectivity index (χ0) is 14.4. The van der Waals surface area contributed by atoms with E-state index in [9.17, 15) is 0 Å². The highest BCUT2D eigenvalue weighted by Crippen LogP contribution is 2.28. The van der Waals surface area contributed by atoms with Crippen molar-refractivity contribution in [1.82, 2.24) is 5.32 Å². The van der Waals surface area contributed by atoms with Crippen LogP contribution < -0.4 is 5.32 Å². The molecule has 0 amide bonds. The van der Waals surface area contributed by atoms with Crippen molar-refractivity contribution in [2.24, 2.45) is 5.92 Å². The average Bonchev–Trinajstić information content (AvgIpc) is 2.53. The van der Waals surface area contributed by atoms with Gasteiger partial charge >= 0.3 is 0 Å². The van der Waals surface area contributed by atoms with Crippen molar-refractivity contribution in [2.75, 3.05) is 0 Å². The molecule has 1 fully saturated rings. The predicted octanol–water partition coefficient (Wildman–Crippen LogP) is 5.26. The summed E-state index contributed by atoms with van der Waals surface area (Å²) in [6, 6.07) is 10.3. The van der Waals surface area contributed by atoms with Gasteiger partial charge in [0, 0.05) is 12.1 Å².